The minimum absolute atomic E-state index is 0.278. The van der Waals surface area contributed by atoms with E-state index in [1.165, 1.54) is 17.8 Å². The lowest BCUT2D eigenvalue weighted by Crippen LogP contribution is -2.18. The van der Waals surface area contributed by atoms with Gasteiger partial charge in [0.05, 0.1) is 19.2 Å². The van der Waals surface area contributed by atoms with Gasteiger partial charge in [0.25, 0.3) is 0 Å². The molecule has 1 atom stereocenters. The molecule has 0 spiro atoms. The quantitative estimate of drug-likeness (QED) is 0.310. The minimum atomic E-state index is -0.703. The van der Waals surface area contributed by atoms with Crippen LogP contribution in [0.25, 0.3) is 11.3 Å². The first-order chi connectivity index (χ1) is 17.1. The predicted molar refractivity (Wildman–Crippen MR) is 133 cm³/mol. The summed E-state index contributed by atoms with van der Waals surface area (Å²) in [5.74, 6) is 1.38. The van der Waals surface area contributed by atoms with Crippen LogP contribution >= 0.6 is 23.4 Å². The summed E-state index contributed by atoms with van der Waals surface area (Å²) in [6, 6.07) is 17.7. The fourth-order valence-electron chi connectivity index (χ4n) is 3.68. The molecule has 1 N–H and O–H groups in total. The van der Waals surface area contributed by atoms with Crippen molar-refractivity contribution in [3.63, 3.8) is 0 Å². The monoisotopic (exact) mass is 510 g/mol. The van der Waals surface area contributed by atoms with E-state index in [4.69, 9.17) is 25.8 Å². The zero-order chi connectivity index (χ0) is 24.4. The highest BCUT2D eigenvalue weighted by atomic mass is 35.5. The molecule has 178 valence electrons. The maximum Gasteiger partial charge on any atom is 0.247 e. The maximum atomic E-state index is 14.0. The SMILES string of the molecule is COc1cc(Cl)c(C2Nc3ccccc3-c3nnc(SCc4ccccc4F)nc3O2)cc1OC. The third-order valence-corrected chi connectivity index (χ3v) is 6.65. The van der Waals surface area contributed by atoms with Crippen molar-refractivity contribution in [2.45, 2.75) is 17.1 Å². The molecule has 1 aromatic heterocycles. The number of thioether (sulfide) groups is 1. The van der Waals surface area contributed by atoms with E-state index in [2.05, 4.69) is 20.5 Å². The Bertz CT molecular complexity index is 1390. The normalized spacial score (nSPS) is 14.1. The van der Waals surface area contributed by atoms with Crippen LogP contribution < -0.4 is 19.5 Å². The number of halogens is 2. The van der Waals surface area contributed by atoms with Crippen LogP contribution in [0.1, 0.15) is 17.4 Å². The second-order valence-electron chi connectivity index (χ2n) is 7.54. The molecule has 0 saturated heterocycles. The zero-order valence-electron chi connectivity index (χ0n) is 18.8. The van der Waals surface area contributed by atoms with Gasteiger partial charge in [0.2, 0.25) is 11.0 Å². The Balaban J connectivity index is 1.53. The van der Waals surface area contributed by atoms with Gasteiger partial charge in [-0.25, -0.2) is 4.39 Å². The summed E-state index contributed by atoms with van der Waals surface area (Å²) < 4.78 is 31.2. The summed E-state index contributed by atoms with van der Waals surface area (Å²) >= 11 is 7.87. The van der Waals surface area contributed by atoms with Crippen molar-refractivity contribution in [2.75, 3.05) is 19.5 Å². The molecule has 0 fully saturated rings. The molecule has 1 unspecified atom stereocenters. The van der Waals surface area contributed by atoms with Crippen LogP contribution in [0.15, 0.2) is 65.8 Å². The van der Waals surface area contributed by atoms with Crippen LogP contribution in [0.5, 0.6) is 17.4 Å². The molecule has 35 heavy (non-hydrogen) atoms. The zero-order valence-corrected chi connectivity index (χ0v) is 20.4. The smallest absolute Gasteiger partial charge is 0.247 e. The Morgan fingerprint density at radius 3 is 2.57 bits per heavy atom. The second kappa shape index (κ2) is 9.97. The molecule has 2 heterocycles. The Labute approximate surface area is 210 Å². The van der Waals surface area contributed by atoms with E-state index >= 15 is 0 Å². The molecular weight excluding hydrogens is 491 g/mol. The van der Waals surface area contributed by atoms with Crippen molar-refractivity contribution in [1.82, 2.24) is 15.2 Å². The maximum absolute atomic E-state index is 14.0. The predicted octanol–water partition coefficient (Wildman–Crippen LogP) is 6.14. The van der Waals surface area contributed by atoms with Crippen molar-refractivity contribution in [2.24, 2.45) is 0 Å². The number of anilines is 1. The largest absolute Gasteiger partial charge is 0.493 e. The first-order valence-electron chi connectivity index (χ1n) is 10.6. The lowest BCUT2D eigenvalue weighted by molar-refractivity contribution is 0.224. The fourth-order valence-corrected chi connectivity index (χ4v) is 4.70. The first kappa shape index (κ1) is 23.2. The molecular formula is C25H20ClFN4O3S. The van der Waals surface area contributed by atoms with E-state index in [0.29, 0.717) is 44.3 Å². The van der Waals surface area contributed by atoms with Gasteiger partial charge in [-0.3, -0.25) is 0 Å². The topological polar surface area (TPSA) is 78.4 Å². The number of benzene rings is 3. The lowest BCUT2D eigenvalue weighted by Gasteiger charge is -2.21. The number of nitrogens with zero attached hydrogens (tertiary/aromatic N) is 3. The number of rotatable bonds is 6. The molecule has 10 heteroatoms. The number of para-hydroxylation sites is 1. The van der Waals surface area contributed by atoms with Gasteiger partial charge in [-0.1, -0.05) is 59.8 Å². The number of hydrogen-bond donors (Lipinski definition) is 1. The van der Waals surface area contributed by atoms with Crippen molar-refractivity contribution < 1.29 is 18.6 Å². The molecule has 3 aromatic carbocycles. The van der Waals surface area contributed by atoms with E-state index in [0.717, 1.165) is 11.3 Å². The highest BCUT2D eigenvalue weighted by Crippen LogP contribution is 2.43. The van der Waals surface area contributed by atoms with E-state index in [1.54, 1.807) is 44.6 Å². The molecule has 7 nitrogen and oxygen atoms in total. The lowest BCUT2D eigenvalue weighted by atomic mass is 10.1. The van der Waals surface area contributed by atoms with Crippen LogP contribution in [0, 0.1) is 5.82 Å². The average molecular weight is 511 g/mol. The van der Waals surface area contributed by atoms with Crippen LogP contribution in [0.2, 0.25) is 5.02 Å². The summed E-state index contributed by atoms with van der Waals surface area (Å²) in [5, 5.41) is 12.8. The van der Waals surface area contributed by atoms with Gasteiger partial charge in [-0.2, -0.15) is 4.98 Å². The molecule has 5 rings (SSSR count). The highest BCUT2D eigenvalue weighted by molar-refractivity contribution is 7.98. The number of aromatic nitrogens is 3. The van der Waals surface area contributed by atoms with Crippen molar-refractivity contribution in [3.8, 4) is 28.6 Å². The van der Waals surface area contributed by atoms with Crippen molar-refractivity contribution in [3.05, 3.63) is 82.6 Å². The molecule has 1 aliphatic rings. The van der Waals surface area contributed by atoms with Crippen molar-refractivity contribution >= 4 is 29.1 Å². The van der Waals surface area contributed by atoms with Gasteiger partial charge in [0.15, 0.2) is 23.4 Å². The number of hydrogen-bond acceptors (Lipinski definition) is 8. The Morgan fingerprint density at radius 1 is 1.03 bits per heavy atom. The van der Waals surface area contributed by atoms with Crippen LogP contribution in [-0.2, 0) is 5.75 Å². The van der Waals surface area contributed by atoms with Crippen LogP contribution in [0.3, 0.4) is 0 Å². The van der Waals surface area contributed by atoms with Gasteiger partial charge in [0.1, 0.15) is 5.82 Å². The summed E-state index contributed by atoms with van der Waals surface area (Å²) in [4.78, 5) is 4.60. The molecule has 4 aromatic rings. The van der Waals surface area contributed by atoms with Gasteiger partial charge >= 0.3 is 0 Å². The summed E-state index contributed by atoms with van der Waals surface area (Å²) in [7, 11) is 3.10. The average Bonchev–Trinajstić information content (AvgIpc) is 3.04. The standard InChI is InChI=1S/C25H20ClFN4O3S/c1-32-20-11-16(17(26)12-21(20)33-2)23-28-19-10-6-4-8-15(19)22-24(34-23)29-25(31-30-22)35-13-14-7-3-5-9-18(14)27/h3-12,23,28H,13H2,1-2H3. The number of methoxy groups -OCH3 is 2. The van der Waals surface area contributed by atoms with E-state index in [-0.39, 0.29) is 11.7 Å². The van der Waals surface area contributed by atoms with Gasteiger partial charge < -0.3 is 19.5 Å². The molecule has 0 saturated carbocycles. The van der Waals surface area contributed by atoms with E-state index in [1.807, 2.05) is 24.3 Å². The number of ether oxygens (including phenoxy) is 3. The third-order valence-electron chi connectivity index (χ3n) is 5.43. The molecule has 1 aliphatic heterocycles. The molecule has 0 aliphatic carbocycles. The van der Waals surface area contributed by atoms with E-state index < -0.39 is 6.23 Å². The Morgan fingerprint density at radius 2 is 1.77 bits per heavy atom. The van der Waals surface area contributed by atoms with Crippen LogP contribution in [0.4, 0.5) is 10.1 Å². The van der Waals surface area contributed by atoms with Crippen molar-refractivity contribution in [1.29, 1.82) is 0 Å². The molecule has 0 amide bonds. The minimum Gasteiger partial charge on any atom is -0.493 e. The summed E-state index contributed by atoms with van der Waals surface area (Å²) in [6.07, 6.45) is -0.703. The summed E-state index contributed by atoms with van der Waals surface area (Å²) in [5.41, 5.74) is 3.24. The van der Waals surface area contributed by atoms with Gasteiger partial charge in [-0.05, 0) is 23.8 Å². The highest BCUT2D eigenvalue weighted by Gasteiger charge is 2.28. The Hall–Kier alpha value is -3.56. The molecule has 0 radical (unpaired) electrons. The fraction of sp³-hybridized carbons (Fsp3) is 0.160. The number of fused-ring (bicyclic) bond motifs is 3. The third kappa shape index (κ3) is 4.69. The number of nitrogens with one attached hydrogen (secondary N) is 1. The van der Waals surface area contributed by atoms with Gasteiger partial charge in [0, 0.05) is 28.6 Å². The Kier molecular flexibility index (Phi) is 6.61. The van der Waals surface area contributed by atoms with Gasteiger partial charge in [-0.15, -0.1) is 10.2 Å². The second-order valence-corrected chi connectivity index (χ2v) is 8.89. The molecule has 0 bridgehead atoms. The first-order valence-corrected chi connectivity index (χ1v) is 12.0. The van der Waals surface area contributed by atoms with E-state index in [9.17, 15) is 4.39 Å². The van der Waals surface area contributed by atoms with Crippen LogP contribution in [-0.4, -0.2) is 29.4 Å². The summed E-state index contributed by atoms with van der Waals surface area (Å²) in [6.45, 7) is 0.